The van der Waals surface area contributed by atoms with Gasteiger partial charge in [-0.1, -0.05) is 13.8 Å². The molecule has 0 aromatic heterocycles. The van der Waals surface area contributed by atoms with Gasteiger partial charge in [-0.05, 0) is 50.5 Å². The minimum Gasteiger partial charge on any atom is -0.305 e. The summed E-state index contributed by atoms with van der Waals surface area (Å²) in [5.41, 5.74) is 0. The lowest BCUT2D eigenvalue weighted by atomic mass is 9.75. The van der Waals surface area contributed by atoms with Crippen molar-refractivity contribution in [2.24, 2.45) is 23.7 Å². The van der Waals surface area contributed by atoms with Crippen LogP contribution in [0.4, 0.5) is 0 Å². The smallest absolute Gasteiger partial charge is 0.137 e. The first kappa shape index (κ1) is 13.1. The SMILES string of the molecule is CC(C)C1CCC(=O)C(CN(C)CC2CC2)C1. The predicted molar refractivity (Wildman–Crippen MR) is 70.9 cm³/mol. The van der Waals surface area contributed by atoms with Crippen LogP contribution in [0.5, 0.6) is 0 Å². The summed E-state index contributed by atoms with van der Waals surface area (Å²) in [6.45, 7) is 6.80. The molecular formula is C15H27NO. The molecule has 17 heavy (non-hydrogen) atoms. The van der Waals surface area contributed by atoms with E-state index >= 15 is 0 Å². The van der Waals surface area contributed by atoms with E-state index in [1.165, 1.54) is 19.4 Å². The van der Waals surface area contributed by atoms with Crippen molar-refractivity contribution in [2.45, 2.75) is 46.0 Å². The molecule has 2 atom stereocenters. The molecule has 0 radical (unpaired) electrons. The summed E-state index contributed by atoms with van der Waals surface area (Å²) in [7, 11) is 2.19. The largest absolute Gasteiger partial charge is 0.305 e. The van der Waals surface area contributed by atoms with Gasteiger partial charge in [0.2, 0.25) is 0 Å². The standard InChI is InChI=1S/C15H27NO/c1-11(2)13-6-7-15(17)14(8-13)10-16(3)9-12-4-5-12/h11-14H,4-10H2,1-3H3. The fourth-order valence-electron chi connectivity index (χ4n) is 3.12. The minimum absolute atomic E-state index is 0.319. The van der Waals surface area contributed by atoms with Gasteiger partial charge in [-0.3, -0.25) is 4.79 Å². The van der Waals surface area contributed by atoms with Crippen molar-refractivity contribution in [3.8, 4) is 0 Å². The number of ketones is 1. The van der Waals surface area contributed by atoms with Crippen molar-refractivity contribution in [3.63, 3.8) is 0 Å². The first-order valence-electron chi connectivity index (χ1n) is 7.27. The Balaban J connectivity index is 1.81. The average molecular weight is 237 g/mol. The molecule has 0 spiro atoms. The van der Waals surface area contributed by atoms with Crippen LogP contribution in [0.25, 0.3) is 0 Å². The number of carbonyl (C=O) groups excluding carboxylic acids is 1. The summed E-state index contributed by atoms with van der Waals surface area (Å²) >= 11 is 0. The zero-order valence-corrected chi connectivity index (χ0v) is 11.6. The monoisotopic (exact) mass is 237 g/mol. The Labute approximate surface area is 106 Å². The Morgan fingerprint density at radius 2 is 1.94 bits per heavy atom. The molecule has 0 aromatic carbocycles. The molecule has 0 aromatic rings. The van der Waals surface area contributed by atoms with Crippen LogP contribution in [0, 0.1) is 23.7 Å². The van der Waals surface area contributed by atoms with Gasteiger partial charge >= 0.3 is 0 Å². The molecule has 0 N–H and O–H groups in total. The third-order valence-corrected chi connectivity index (χ3v) is 4.55. The van der Waals surface area contributed by atoms with Gasteiger partial charge in [-0.25, -0.2) is 0 Å². The summed E-state index contributed by atoms with van der Waals surface area (Å²) in [4.78, 5) is 14.4. The number of Topliss-reactive ketones (excluding diaryl/α,β-unsaturated/α-hetero) is 1. The van der Waals surface area contributed by atoms with Gasteiger partial charge in [0.25, 0.3) is 0 Å². The maximum Gasteiger partial charge on any atom is 0.137 e. The summed E-state index contributed by atoms with van der Waals surface area (Å²) in [6, 6.07) is 0. The highest BCUT2D eigenvalue weighted by Gasteiger charge is 2.31. The van der Waals surface area contributed by atoms with Gasteiger partial charge in [0.15, 0.2) is 0 Å². The van der Waals surface area contributed by atoms with Crippen LogP contribution in [0.2, 0.25) is 0 Å². The van der Waals surface area contributed by atoms with E-state index in [2.05, 4.69) is 25.8 Å². The quantitative estimate of drug-likeness (QED) is 0.732. The van der Waals surface area contributed by atoms with Gasteiger partial charge in [0.05, 0.1) is 0 Å². The zero-order valence-electron chi connectivity index (χ0n) is 11.6. The van der Waals surface area contributed by atoms with Crippen LogP contribution in [-0.4, -0.2) is 30.8 Å². The summed E-state index contributed by atoms with van der Waals surface area (Å²) < 4.78 is 0. The van der Waals surface area contributed by atoms with Gasteiger partial charge in [0, 0.05) is 25.4 Å². The summed E-state index contributed by atoms with van der Waals surface area (Å²) in [5.74, 6) is 3.27. The Morgan fingerprint density at radius 3 is 2.53 bits per heavy atom. The number of nitrogens with zero attached hydrogens (tertiary/aromatic N) is 1. The molecule has 0 heterocycles. The Kier molecular flexibility index (Phi) is 4.24. The normalized spacial score (nSPS) is 30.3. The highest BCUT2D eigenvalue weighted by Crippen LogP contribution is 2.33. The van der Waals surface area contributed by atoms with Crippen LogP contribution in [0.3, 0.4) is 0 Å². The molecule has 2 rings (SSSR count). The summed E-state index contributed by atoms with van der Waals surface area (Å²) in [6.07, 6.45) is 5.88. The van der Waals surface area contributed by atoms with Crippen molar-refractivity contribution in [1.82, 2.24) is 4.90 Å². The molecule has 0 aliphatic heterocycles. The second-order valence-corrected chi connectivity index (χ2v) is 6.61. The van der Waals surface area contributed by atoms with E-state index in [-0.39, 0.29) is 0 Å². The molecule has 2 aliphatic carbocycles. The predicted octanol–water partition coefficient (Wildman–Crippen LogP) is 2.97. The number of rotatable bonds is 5. The number of hydrogen-bond acceptors (Lipinski definition) is 2. The molecule has 2 fully saturated rings. The van der Waals surface area contributed by atoms with Crippen LogP contribution in [-0.2, 0) is 4.79 Å². The molecule has 0 saturated heterocycles. The second-order valence-electron chi connectivity index (χ2n) is 6.61. The minimum atomic E-state index is 0.319. The molecule has 0 amide bonds. The fraction of sp³-hybridized carbons (Fsp3) is 0.933. The van der Waals surface area contributed by atoms with Gasteiger partial charge in [0.1, 0.15) is 5.78 Å². The van der Waals surface area contributed by atoms with Crippen LogP contribution >= 0.6 is 0 Å². The average Bonchev–Trinajstić information content (AvgIpc) is 3.04. The van der Waals surface area contributed by atoms with Crippen molar-refractivity contribution >= 4 is 5.78 Å². The topological polar surface area (TPSA) is 20.3 Å². The molecule has 2 saturated carbocycles. The third-order valence-electron chi connectivity index (χ3n) is 4.55. The lowest BCUT2D eigenvalue weighted by Crippen LogP contribution is -2.36. The molecule has 2 nitrogen and oxygen atoms in total. The lowest BCUT2D eigenvalue weighted by molar-refractivity contribution is -0.126. The first-order valence-corrected chi connectivity index (χ1v) is 7.27. The summed E-state index contributed by atoms with van der Waals surface area (Å²) in [5, 5.41) is 0. The van der Waals surface area contributed by atoms with E-state index in [0.29, 0.717) is 11.7 Å². The van der Waals surface area contributed by atoms with E-state index in [1.807, 2.05) is 0 Å². The third kappa shape index (κ3) is 3.80. The van der Waals surface area contributed by atoms with Crippen molar-refractivity contribution in [1.29, 1.82) is 0 Å². The maximum absolute atomic E-state index is 12.0. The van der Waals surface area contributed by atoms with Gasteiger partial charge in [-0.2, -0.15) is 0 Å². The Hall–Kier alpha value is -0.370. The maximum atomic E-state index is 12.0. The molecular weight excluding hydrogens is 210 g/mol. The molecule has 98 valence electrons. The van der Waals surface area contributed by atoms with E-state index in [1.54, 1.807) is 0 Å². The van der Waals surface area contributed by atoms with Gasteiger partial charge < -0.3 is 4.90 Å². The Bertz CT molecular complexity index is 270. The van der Waals surface area contributed by atoms with Crippen LogP contribution < -0.4 is 0 Å². The number of hydrogen-bond donors (Lipinski definition) is 0. The highest BCUT2D eigenvalue weighted by molar-refractivity contribution is 5.81. The van der Waals surface area contributed by atoms with Crippen LogP contribution in [0.15, 0.2) is 0 Å². The van der Waals surface area contributed by atoms with Crippen molar-refractivity contribution in [2.75, 3.05) is 20.1 Å². The molecule has 0 bridgehead atoms. The van der Waals surface area contributed by atoms with E-state index < -0.39 is 0 Å². The van der Waals surface area contributed by atoms with Gasteiger partial charge in [-0.15, -0.1) is 0 Å². The van der Waals surface area contributed by atoms with E-state index in [4.69, 9.17) is 0 Å². The molecule has 2 heteroatoms. The number of carbonyl (C=O) groups is 1. The van der Waals surface area contributed by atoms with E-state index in [0.717, 1.165) is 43.6 Å². The van der Waals surface area contributed by atoms with Crippen LogP contribution in [0.1, 0.15) is 46.0 Å². The fourth-order valence-corrected chi connectivity index (χ4v) is 3.12. The lowest BCUT2D eigenvalue weighted by Gasteiger charge is -2.32. The highest BCUT2D eigenvalue weighted by atomic mass is 16.1. The van der Waals surface area contributed by atoms with E-state index in [9.17, 15) is 4.79 Å². The second kappa shape index (κ2) is 5.51. The zero-order chi connectivity index (χ0) is 12.4. The Morgan fingerprint density at radius 1 is 1.24 bits per heavy atom. The molecule has 2 aliphatic rings. The first-order chi connectivity index (χ1) is 8.06. The van der Waals surface area contributed by atoms with Crippen molar-refractivity contribution < 1.29 is 4.79 Å². The molecule has 2 unspecified atom stereocenters. The van der Waals surface area contributed by atoms with Crippen molar-refractivity contribution in [3.05, 3.63) is 0 Å².